The number of hydrogen-bond donors (Lipinski definition) is 2. The van der Waals surface area contributed by atoms with Crippen molar-refractivity contribution >= 4 is 11.7 Å². The first-order valence-corrected chi connectivity index (χ1v) is 7.20. The average Bonchev–Trinajstić information content (AvgIpc) is 2.47. The Kier molecular flexibility index (Phi) is 5.47. The molecule has 1 aliphatic carbocycles. The van der Waals surface area contributed by atoms with Gasteiger partial charge in [-0.15, -0.1) is 0 Å². The zero-order valence-corrected chi connectivity index (χ0v) is 11.7. The first-order chi connectivity index (χ1) is 9.79. The topological polar surface area (TPSA) is 50.4 Å². The Hall–Kier alpha value is -1.97. The van der Waals surface area contributed by atoms with E-state index in [9.17, 15) is 4.79 Å². The Morgan fingerprint density at radius 3 is 2.80 bits per heavy atom. The number of rotatable bonds is 5. The number of carbonyl (C=O) groups is 1. The molecule has 1 saturated carbocycles. The second-order valence-corrected chi connectivity index (χ2v) is 5.03. The smallest absolute Gasteiger partial charge is 0.319 e. The molecule has 4 nitrogen and oxygen atoms in total. The summed E-state index contributed by atoms with van der Waals surface area (Å²) in [5.74, 6) is 0.659. The molecule has 0 aromatic heterocycles. The minimum Gasteiger partial charge on any atom is -0.487 e. The fraction of sp³-hybridized carbons (Fsp3) is 0.438. The molecule has 20 heavy (non-hydrogen) atoms. The third kappa shape index (κ3) is 4.30. The maximum atomic E-state index is 12.0. The lowest BCUT2D eigenvalue weighted by Crippen LogP contribution is -2.39. The summed E-state index contributed by atoms with van der Waals surface area (Å²) in [5.41, 5.74) is 0.683. The van der Waals surface area contributed by atoms with Crippen LogP contribution in [0, 0.1) is 0 Å². The normalized spacial score (nSPS) is 15.4. The minimum atomic E-state index is -0.161. The Labute approximate surface area is 120 Å². The number of benzene rings is 1. The molecular weight excluding hydrogens is 252 g/mol. The van der Waals surface area contributed by atoms with E-state index >= 15 is 0 Å². The molecule has 0 atom stereocenters. The highest BCUT2D eigenvalue weighted by molar-refractivity contribution is 5.91. The Morgan fingerprint density at radius 1 is 1.30 bits per heavy atom. The fourth-order valence-electron chi connectivity index (χ4n) is 2.44. The van der Waals surface area contributed by atoms with Crippen LogP contribution in [0.2, 0.25) is 0 Å². The van der Waals surface area contributed by atoms with Gasteiger partial charge >= 0.3 is 6.03 Å². The van der Waals surface area contributed by atoms with Crippen molar-refractivity contribution in [1.82, 2.24) is 5.32 Å². The predicted octanol–water partition coefficient (Wildman–Crippen LogP) is 3.71. The highest BCUT2D eigenvalue weighted by Gasteiger charge is 2.16. The minimum absolute atomic E-state index is 0.161. The number of urea groups is 1. The van der Waals surface area contributed by atoms with Crippen molar-refractivity contribution in [3.05, 3.63) is 36.9 Å². The van der Waals surface area contributed by atoms with Crippen LogP contribution in [0.3, 0.4) is 0 Å². The largest absolute Gasteiger partial charge is 0.487 e. The van der Waals surface area contributed by atoms with Crippen LogP contribution in [0.4, 0.5) is 10.5 Å². The van der Waals surface area contributed by atoms with Gasteiger partial charge < -0.3 is 15.4 Å². The number of nitrogens with one attached hydrogen (secondary N) is 2. The summed E-state index contributed by atoms with van der Waals surface area (Å²) in [5, 5.41) is 5.88. The molecule has 0 bridgehead atoms. The van der Waals surface area contributed by atoms with E-state index in [-0.39, 0.29) is 6.03 Å². The number of hydrogen-bond acceptors (Lipinski definition) is 2. The van der Waals surface area contributed by atoms with E-state index in [0.29, 0.717) is 24.1 Å². The van der Waals surface area contributed by atoms with Crippen LogP contribution >= 0.6 is 0 Å². The van der Waals surface area contributed by atoms with Gasteiger partial charge in [0, 0.05) is 6.04 Å². The third-order valence-corrected chi connectivity index (χ3v) is 3.43. The molecule has 2 amide bonds. The number of anilines is 1. The summed E-state index contributed by atoms with van der Waals surface area (Å²) in [6.45, 7) is 4.04. The Morgan fingerprint density at radius 2 is 2.05 bits per heavy atom. The van der Waals surface area contributed by atoms with Crippen molar-refractivity contribution in [3.63, 3.8) is 0 Å². The first kappa shape index (κ1) is 14.4. The number of amides is 2. The van der Waals surface area contributed by atoms with Crippen molar-refractivity contribution in [3.8, 4) is 5.75 Å². The summed E-state index contributed by atoms with van der Waals surface area (Å²) in [6.07, 6.45) is 7.49. The number of carbonyl (C=O) groups excluding carboxylic acids is 1. The van der Waals surface area contributed by atoms with Crippen molar-refractivity contribution in [2.75, 3.05) is 11.9 Å². The molecule has 1 aromatic carbocycles. The summed E-state index contributed by atoms with van der Waals surface area (Å²) in [6, 6.07) is 7.55. The summed E-state index contributed by atoms with van der Waals surface area (Å²) in [7, 11) is 0. The average molecular weight is 274 g/mol. The van der Waals surface area contributed by atoms with Gasteiger partial charge in [0.2, 0.25) is 0 Å². The monoisotopic (exact) mass is 274 g/mol. The maximum Gasteiger partial charge on any atom is 0.319 e. The van der Waals surface area contributed by atoms with Crippen LogP contribution in [0.15, 0.2) is 36.9 Å². The van der Waals surface area contributed by atoms with Gasteiger partial charge in [-0.25, -0.2) is 4.79 Å². The molecule has 0 aliphatic heterocycles. The van der Waals surface area contributed by atoms with E-state index in [0.717, 1.165) is 12.8 Å². The standard InChI is InChI=1S/C16H22N2O2/c1-2-12-20-15-11-7-6-10-14(15)18-16(19)17-13-8-4-3-5-9-13/h2,6-7,10-11,13H,1,3-5,8-9,12H2,(H2,17,18,19). The van der Waals surface area contributed by atoms with E-state index in [1.807, 2.05) is 24.3 Å². The van der Waals surface area contributed by atoms with Crippen molar-refractivity contribution in [2.45, 2.75) is 38.1 Å². The van der Waals surface area contributed by atoms with E-state index in [1.54, 1.807) is 6.08 Å². The second kappa shape index (κ2) is 7.58. The Balaban J connectivity index is 1.91. The van der Waals surface area contributed by atoms with E-state index < -0.39 is 0 Å². The van der Waals surface area contributed by atoms with Crippen LogP contribution in [-0.4, -0.2) is 18.7 Å². The lowest BCUT2D eigenvalue weighted by atomic mass is 9.96. The van der Waals surface area contributed by atoms with Gasteiger partial charge in [0.1, 0.15) is 12.4 Å². The summed E-state index contributed by atoms with van der Waals surface area (Å²) in [4.78, 5) is 12.0. The van der Waals surface area contributed by atoms with Crippen molar-refractivity contribution < 1.29 is 9.53 Å². The van der Waals surface area contributed by atoms with Gasteiger partial charge in [-0.1, -0.05) is 44.1 Å². The highest BCUT2D eigenvalue weighted by Crippen LogP contribution is 2.24. The number of para-hydroxylation sites is 2. The second-order valence-electron chi connectivity index (χ2n) is 5.03. The van der Waals surface area contributed by atoms with Crippen molar-refractivity contribution in [2.24, 2.45) is 0 Å². The fourth-order valence-corrected chi connectivity index (χ4v) is 2.44. The van der Waals surface area contributed by atoms with Gasteiger partial charge in [-0.3, -0.25) is 0 Å². The molecular formula is C16H22N2O2. The zero-order valence-electron chi connectivity index (χ0n) is 11.7. The predicted molar refractivity (Wildman–Crippen MR) is 81.2 cm³/mol. The Bertz CT molecular complexity index is 454. The molecule has 2 rings (SSSR count). The quantitative estimate of drug-likeness (QED) is 0.804. The molecule has 0 spiro atoms. The summed E-state index contributed by atoms with van der Waals surface area (Å²) < 4.78 is 5.52. The molecule has 2 N–H and O–H groups in total. The van der Waals surface area contributed by atoms with Crippen LogP contribution in [0.1, 0.15) is 32.1 Å². The van der Waals surface area contributed by atoms with Crippen LogP contribution in [0.5, 0.6) is 5.75 Å². The van der Waals surface area contributed by atoms with E-state index in [2.05, 4.69) is 17.2 Å². The van der Waals surface area contributed by atoms with Crippen LogP contribution in [-0.2, 0) is 0 Å². The van der Waals surface area contributed by atoms with E-state index in [1.165, 1.54) is 19.3 Å². The lowest BCUT2D eigenvalue weighted by molar-refractivity contribution is 0.244. The van der Waals surface area contributed by atoms with Gasteiger partial charge in [0.15, 0.2) is 0 Å². The molecule has 0 radical (unpaired) electrons. The highest BCUT2D eigenvalue weighted by atomic mass is 16.5. The van der Waals surface area contributed by atoms with E-state index in [4.69, 9.17) is 4.74 Å². The number of ether oxygens (including phenoxy) is 1. The molecule has 1 fully saturated rings. The zero-order chi connectivity index (χ0) is 14.2. The lowest BCUT2D eigenvalue weighted by Gasteiger charge is -2.23. The van der Waals surface area contributed by atoms with Gasteiger partial charge in [0.25, 0.3) is 0 Å². The van der Waals surface area contributed by atoms with Gasteiger partial charge in [-0.2, -0.15) is 0 Å². The molecule has 0 unspecified atom stereocenters. The van der Waals surface area contributed by atoms with Gasteiger partial charge in [-0.05, 0) is 25.0 Å². The summed E-state index contributed by atoms with van der Waals surface area (Å²) >= 11 is 0. The van der Waals surface area contributed by atoms with Crippen molar-refractivity contribution in [1.29, 1.82) is 0 Å². The molecule has 0 heterocycles. The maximum absolute atomic E-state index is 12.0. The molecule has 0 saturated heterocycles. The third-order valence-electron chi connectivity index (χ3n) is 3.43. The first-order valence-electron chi connectivity index (χ1n) is 7.20. The van der Waals surface area contributed by atoms with Crippen LogP contribution in [0.25, 0.3) is 0 Å². The van der Waals surface area contributed by atoms with Crippen LogP contribution < -0.4 is 15.4 Å². The molecule has 1 aliphatic rings. The molecule has 108 valence electrons. The SMILES string of the molecule is C=CCOc1ccccc1NC(=O)NC1CCCCC1. The van der Waals surface area contributed by atoms with Gasteiger partial charge in [0.05, 0.1) is 5.69 Å². The molecule has 1 aromatic rings. The molecule has 4 heteroatoms.